The molecule has 1 unspecified atom stereocenters. The summed E-state index contributed by atoms with van der Waals surface area (Å²) in [5, 5.41) is 0. The van der Waals surface area contributed by atoms with Crippen molar-refractivity contribution in [3.8, 4) is 0 Å². The average Bonchev–Trinajstić information content (AvgIpc) is 2.76. The molecule has 3 heteroatoms. The van der Waals surface area contributed by atoms with Crippen molar-refractivity contribution in [3.63, 3.8) is 0 Å². The Kier molecular flexibility index (Phi) is 3.45. The lowest BCUT2D eigenvalue weighted by molar-refractivity contribution is 0.125. The van der Waals surface area contributed by atoms with Gasteiger partial charge in [-0.15, -0.1) is 0 Å². The molecule has 0 radical (unpaired) electrons. The van der Waals surface area contributed by atoms with E-state index in [0.717, 1.165) is 32.2 Å². The summed E-state index contributed by atoms with van der Waals surface area (Å²) in [6.07, 6.45) is 4.22. The summed E-state index contributed by atoms with van der Waals surface area (Å²) in [6.45, 7) is 2.96. The summed E-state index contributed by atoms with van der Waals surface area (Å²) in [5.74, 6) is 0.673. The zero-order chi connectivity index (χ0) is 13.2. The van der Waals surface area contributed by atoms with Gasteiger partial charge in [-0.25, -0.2) is 4.79 Å². The quantitative estimate of drug-likeness (QED) is 0.834. The van der Waals surface area contributed by atoms with Crippen molar-refractivity contribution in [2.45, 2.75) is 44.8 Å². The summed E-state index contributed by atoms with van der Waals surface area (Å²) in [4.78, 5) is 13.7. The number of amides is 1. The Morgan fingerprint density at radius 3 is 2.84 bits per heavy atom. The third-order valence-electron chi connectivity index (χ3n) is 4.44. The summed E-state index contributed by atoms with van der Waals surface area (Å²) < 4.78 is 5.44. The second kappa shape index (κ2) is 5.24. The van der Waals surface area contributed by atoms with Crippen LogP contribution in [0.1, 0.15) is 31.7 Å². The van der Waals surface area contributed by atoms with Gasteiger partial charge in [0, 0.05) is 6.54 Å². The van der Waals surface area contributed by atoms with Crippen LogP contribution in [0.2, 0.25) is 0 Å². The molecule has 2 saturated heterocycles. The van der Waals surface area contributed by atoms with Crippen LogP contribution in [0, 0.1) is 5.92 Å². The highest BCUT2D eigenvalue weighted by Crippen LogP contribution is 2.34. The number of piperidine rings is 1. The fourth-order valence-electron chi connectivity index (χ4n) is 3.42. The first-order chi connectivity index (χ1) is 9.28. The van der Waals surface area contributed by atoms with Crippen LogP contribution in [0.15, 0.2) is 30.3 Å². The topological polar surface area (TPSA) is 29.5 Å². The van der Waals surface area contributed by atoms with E-state index in [4.69, 9.17) is 4.74 Å². The third-order valence-corrected chi connectivity index (χ3v) is 4.44. The normalized spacial score (nSPS) is 30.1. The molecule has 3 nitrogen and oxygen atoms in total. The van der Waals surface area contributed by atoms with E-state index in [0.29, 0.717) is 12.0 Å². The van der Waals surface area contributed by atoms with Crippen LogP contribution in [-0.4, -0.2) is 29.7 Å². The maximum atomic E-state index is 11.7. The number of nitrogens with zero attached hydrogens (tertiary/aromatic N) is 1. The highest BCUT2D eigenvalue weighted by Gasteiger charge is 2.44. The molecule has 19 heavy (non-hydrogen) atoms. The van der Waals surface area contributed by atoms with Gasteiger partial charge in [-0.2, -0.15) is 0 Å². The maximum Gasteiger partial charge on any atom is 0.410 e. The SMILES string of the molecule is CC[C@@H]1OC(=O)N2CCC(Cc3ccccc3)C[C@@H]12. The monoisotopic (exact) mass is 259 g/mol. The van der Waals surface area contributed by atoms with E-state index in [1.54, 1.807) is 0 Å². The van der Waals surface area contributed by atoms with Gasteiger partial charge in [0.25, 0.3) is 0 Å². The fourth-order valence-corrected chi connectivity index (χ4v) is 3.42. The standard InChI is InChI=1S/C16H21NO2/c1-2-15-14-11-13(8-9-17(14)16(18)19-15)10-12-6-4-3-5-7-12/h3-7,13-15H,2,8-11H2,1H3/t13?,14-,15-/m0/s1. The molecule has 0 N–H and O–H groups in total. The Morgan fingerprint density at radius 1 is 1.32 bits per heavy atom. The van der Waals surface area contributed by atoms with E-state index in [-0.39, 0.29) is 12.2 Å². The zero-order valence-electron chi connectivity index (χ0n) is 11.4. The van der Waals surface area contributed by atoms with Gasteiger partial charge in [0.1, 0.15) is 6.10 Å². The van der Waals surface area contributed by atoms with E-state index in [1.807, 2.05) is 4.90 Å². The van der Waals surface area contributed by atoms with Crippen molar-refractivity contribution < 1.29 is 9.53 Å². The molecule has 2 aliphatic heterocycles. The predicted molar refractivity (Wildman–Crippen MR) is 73.9 cm³/mol. The molecule has 0 aromatic heterocycles. The molecule has 0 saturated carbocycles. The van der Waals surface area contributed by atoms with Crippen molar-refractivity contribution in [1.82, 2.24) is 4.90 Å². The number of hydrogen-bond donors (Lipinski definition) is 0. The van der Waals surface area contributed by atoms with Gasteiger partial charge in [0.2, 0.25) is 0 Å². The number of carbonyl (C=O) groups excluding carboxylic acids is 1. The molecule has 1 amide bonds. The lowest BCUT2D eigenvalue weighted by atomic mass is 9.84. The predicted octanol–water partition coefficient (Wildman–Crippen LogP) is 3.24. The summed E-state index contributed by atoms with van der Waals surface area (Å²) in [6, 6.07) is 11.0. The van der Waals surface area contributed by atoms with Crippen LogP contribution < -0.4 is 0 Å². The van der Waals surface area contributed by atoms with E-state index in [9.17, 15) is 4.79 Å². The first kappa shape index (κ1) is 12.5. The molecule has 0 spiro atoms. The lowest BCUT2D eigenvalue weighted by Crippen LogP contribution is -2.43. The Morgan fingerprint density at radius 2 is 2.11 bits per heavy atom. The Hall–Kier alpha value is -1.51. The summed E-state index contributed by atoms with van der Waals surface area (Å²) in [5.41, 5.74) is 1.40. The lowest BCUT2D eigenvalue weighted by Gasteiger charge is -2.34. The minimum absolute atomic E-state index is 0.102. The van der Waals surface area contributed by atoms with Gasteiger partial charge in [-0.3, -0.25) is 0 Å². The van der Waals surface area contributed by atoms with E-state index in [1.165, 1.54) is 5.56 Å². The Balaban J connectivity index is 1.66. The molecule has 0 aliphatic carbocycles. The van der Waals surface area contributed by atoms with Gasteiger partial charge in [-0.05, 0) is 37.2 Å². The second-order valence-electron chi connectivity index (χ2n) is 5.67. The van der Waals surface area contributed by atoms with Crippen LogP contribution in [0.25, 0.3) is 0 Å². The number of cyclic esters (lactones) is 1. The summed E-state index contributed by atoms with van der Waals surface area (Å²) in [7, 11) is 0. The van der Waals surface area contributed by atoms with Gasteiger partial charge < -0.3 is 9.64 Å². The summed E-state index contributed by atoms with van der Waals surface area (Å²) >= 11 is 0. The minimum Gasteiger partial charge on any atom is -0.444 e. The molecule has 2 aliphatic rings. The maximum absolute atomic E-state index is 11.7. The Bertz CT molecular complexity index is 445. The highest BCUT2D eigenvalue weighted by atomic mass is 16.6. The van der Waals surface area contributed by atoms with Gasteiger partial charge >= 0.3 is 6.09 Å². The molecule has 3 rings (SSSR count). The minimum atomic E-state index is -0.102. The van der Waals surface area contributed by atoms with Crippen LogP contribution in [0.4, 0.5) is 4.79 Å². The number of carbonyl (C=O) groups is 1. The Labute approximate surface area is 114 Å². The molecular weight excluding hydrogens is 238 g/mol. The van der Waals surface area contributed by atoms with E-state index < -0.39 is 0 Å². The van der Waals surface area contributed by atoms with Crippen molar-refractivity contribution in [2.75, 3.05) is 6.54 Å². The van der Waals surface area contributed by atoms with E-state index in [2.05, 4.69) is 37.3 Å². The number of benzene rings is 1. The van der Waals surface area contributed by atoms with Crippen molar-refractivity contribution in [1.29, 1.82) is 0 Å². The first-order valence-corrected chi connectivity index (χ1v) is 7.29. The largest absolute Gasteiger partial charge is 0.444 e. The first-order valence-electron chi connectivity index (χ1n) is 7.29. The average molecular weight is 259 g/mol. The fraction of sp³-hybridized carbons (Fsp3) is 0.562. The number of rotatable bonds is 3. The molecule has 3 atom stereocenters. The van der Waals surface area contributed by atoms with Crippen LogP contribution in [-0.2, 0) is 11.2 Å². The van der Waals surface area contributed by atoms with Crippen LogP contribution >= 0.6 is 0 Å². The number of fused-ring (bicyclic) bond motifs is 1. The zero-order valence-corrected chi connectivity index (χ0v) is 11.4. The van der Waals surface area contributed by atoms with Crippen molar-refractivity contribution in [2.24, 2.45) is 5.92 Å². The van der Waals surface area contributed by atoms with Crippen LogP contribution in [0.5, 0.6) is 0 Å². The van der Waals surface area contributed by atoms with Crippen molar-refractivity contribution in [3.05, 3.63) is 35.9 Å². The molecule has 1 aromatic carbocycles. The number of hydrogen-bond acceptors (Lipinski definition) is 2. The van der Waals surface area contributed by atoms with Crippen molar-refractivity contribution >= 4 is 6.09 Å². The molecular formula is C16H21NO2. The third kappa shape index (κ3) is 2.46. The number of ether oxygens (including phenoxy) is 1. The molecule has 102 valence electrons. The van der Waals surface area contributed by atoms with Crippen LogP contribution in [0.3, 0.4) is 0 Å². The van der Waals surface area contributed by atoms with Gasteiger partial charge in [0.05, 0.1) is 6.04 Å². The molecule has 1 aromatic rings. The van der Waals surface area contributed by atoms with Gasteiger partial charge in [-0.1, -0.05) is 37.3 Å². The van der Waals surface area contributed by atoms with Gasteiger partial charge in [0.15, 0.2) is 0 Å². The highest BCUT2D eigenvalue weighted by molar-refractivity contribution is 5.70. The van der Waals surface area contributed by atoms with E-state index >= 15 is 0 Å². The second-order valence-corrected chi connectivity index (χ2v) is 5.67. The molecule has 2 fully saturated rings. The molecule has 2 heterocycles. The molecule has 0 bridgehead atoms. The smallest absolute Gasteiger partial charge is 0.410 e.